The van der Waals surface area contributed by atoms with Crippen molar-refractivity contribution in [1.82, 2.24) is 15.2 Å². The standard InChI is InChI=1S/C31H34ClN5O2/c1-3-39-29-7-5-4-6-26(29)27-10-8-23(20-34-27)31(30(38)35-25-12-15-36(2)21-25)13-16-37(17-14-31)28-11-9-24(32)18-22(28)19-33/h4-11,18,20,25H,3,12-17,21H2,1-2H3,(H,35,38)/t25-/m0/s1. The Labute approximate surface area is 235 Å². The van der Waals surface area contributed by atoms with E-state index < -0.39 is 5.41 Å². The largest absolute Gasteiger partial charge is 0.493 e. The number of likely N-dealkylation sites (N-methyl/N-ethyl adjacent to an activating group) is 1. The van der Waals surface area contributed by atoms with Gasteiger partial charge in [-0.1, -0.05) is 29.8 Å². The number of nitriles is 1. The van der Waals surface area contributed by atoms with Crippen molar-refractivity contribution in [1.29, 1.82) is 5.26 Å². The van der Waals surface area contributed by atoms with Crippen LogP contribution in [-0.2, 0) is 10.2 Å². The van der Waals surface area contributed by atoms with E-state index in [0.29, 0.717) is 43.1 Å². The third-order valence-electron chi connectivity index (χ3n) is 7.98. The summed E-state index contributed by atoms with van der Waals surface area (Å²) in [5, 5.41) is 13.6. The lowest BCUT2D eigenvalue weighted by atomic mass is 9.72. The van der Waals surface area contributed by atoms with Crippen LogP contribution in [0.5, 0.6) is 5.75 Å². The van der Waals surface area contributed by atoms with Crippen LogP contribution in [0.2, 0.25) is 5.02 Å². The second-order valence-corrected chi connectivity index (χ2v) is 10.9. The molecule has 1 N–H and O–H groups in total. The first-order chi connectivity index (χ1) is 18.9. The fraction of sp³-hybridized carbons (Fsp3) is 0.387. The number of pyridine rings is 1. The maximum Gasteiger partial charge on any atom is 0.231 e. The number of anilines is 1. The smallest absolute Gasteiger partial charge is 0.231 e. The van der Waals surface area contributed by atoms with Gasteiger partial charge in [0.2, 0.25) is 5.91 Å². The van der Waals surface area contributed by atoms with Gasteiger partial charge in [0.15, 0.2) is 0 Å². The zero-order valence-corrected chi connectivity index (χ0v) is 23.2. The minimum Gasteiger partial charge on any atom is -0.493 e. The predicted molar refractivity (Wildman–Crippen MR) is 154 cm³/mol. The molecular formula is C31H34ClN5O2. The molecule has 2 saturated heterocycles. The molecule has 1 aromatic heterocycles. The topological polar surface area (TPSA) is 81.5 Å². The van der Waals surface area contributed by atoms with Crippen molar-refractivity contribution in [3.05, 3.63) is 76.9 Å². The number of likely N-dealkylation sites (tertiary alicyclic amines) is 1. The number of hydrogen-bond donors (Lipinski definition) is 1. The van der Waals surface area contributed by atoms with E-state index in [0.717, 1.165) is 47.8 Å². The summed E-state index contributed by atoms with van der Waals surface area (Å²) in [6.07, 6.45) is 4.04. The quantitative estimate of drug-likeness (QED) is 0.450. The van der Waals surface area contributed by atoms with Gasteiger partial charge in [0, 0.05) is 42.5 Å². The van der Waals surface area contributed by atoms with E-state index in [1.54, 1.807) is 6.07 Å². The number of nitrogens with one attached hydrogen (secondary N) is 1. The number of amides is 1. The van der Waals surface area contributed by atoms with Gasteiger partial charge in [-0.15, -0.1) is 0 Å². The number of carbonyl (C=O) groups is 1. The first-order valence-electron chi connectivity index (χ1n) is 13.6. The van der Waals surface area contributed by atoms with Crippen LogP contribution in [0.3, 0.4) is 0 Å². The van der Waals surface area contributed by atoms with E-state index in [9.17, 15) is 10.1 Å². The van der Waals surface area contributed by atoms with Crippen molar-refractivity contribution in [2.45, 2.75) is 37.6 Å². The van der Waals surface area contributed by atoms with Gasteiger partial charge in [-0.25, -0.2) is 0 Å². The summed E-state index contributed by atoms with van der Waals surface area (Å²) in [6, 6.07) is 19.7. The van der Waals surface area contributed by atoms with Crippen LogP contribution < -0.4 is 15.0 Å². The Bertz CT molecular complexity index is 1360. The summed E-state index contributed by atoms with van der Waals surface area (Å²) >= 11 is 6.14. The minimum atomic E-state index is -0.706. The van der Waals surface area contributed by atoms with E-state index in [4.69, 9.17) is 21.3 Å². The summed E-state index contributed by atoms with van der Waals surface area (Å²) < 4.78 is 5.81. The molecule has 0 aliphatic carbocycles. The highest BCUT2D eigenvalue weighted by Gasteiger charge is 2.44. The van der Waals surface area contributed by atoms with Crippen molar-refractivity contribution in [3.8, 4) is 23.1 Å². The number of halogens is 1. The molecule has 3 heterocycles. The molecular weight excluding hydrogens is 510 g/mol. The number of hydrogen-bond acceptors (Lipinski definition) is 6. The van der Waals surface area contributed by atoms with Crippen LogP contribution >= 0.6 is 11.6 Å². The van der Waals surface area contributed by atoms with E-state index in [1.165, 1.54) is 0 Å². The van der Waals surface area contributed by atoms with Crippen LogP contribution in [0, 0.1) is 11.3 Å². The number of nitrogens with zero attached hydrogens (tertiary/aromatic N) is 4. The lowest BCUT2D eigenvalue weighted by Crippen LogP contribution is -2.54. The molecule has 0 spiro atoms. The van der Waals surface area contributed by atoms with Gasteiger partial charge < -0.3 is 19.9 Å². The third kappa shape index (κ3) is 5.59. The molecule has 7 nitrogen and oxygen atoms in total. The average Bonchev–Trinajstić information content (AvgIpc) is 3.37. The van der Waals surface area contributed by atoms with Crippen LogP contribution in [0.4, 0.5) is 5.69 Å². The molecule has 0 unspecified atom stereocenters. The summed E-state index contributed by atoms with van der Waals surface area (Å²) in [4.78, 5) is 23.3. The fourth-order valence-electron chi connectivity index (χ4n) is 5.82. The minimum absolute atomic E-state index is 0.0586. The fourth-order valence-corrected chi connectivity index (χ4v) is 5.99. The Balaban J connectivity index is 1.44. The molecule has 3 aromatic rings. The molecule has 1 atom stereocenters. The van der Waals surface area contributed by atoms with Gasteiger partial charge in [-0.3, -0.25) is 9.78 Å². The van der Waals surface area contributed by atoms with Crippen molar-refractivity contribution in [2.24, 2.45) is 0 Å². The van der Waals surface area contributed by atoms with Gasteiger partial charge in [0.25, 0.3) is 0 Å². The SMILES string of the molecule is CCOc1ccccc1-c1ccc(C2(C(=O)N[C@H]3CCN(C)C3)CCN(c3ccc(Cl)cc3C#N)CC2)cn1. The Morgan fingerprint density at radius 1 is 1.18 bits per heavy atom. The van der Waals surface area contributed by atoms with Gasteiger partial charge in [-0.05, 0) is 81.7 Å². The number of aromatic nitrogens is 1. The first-order valence-corrected chi connectivity index (χ1v) is 13.9. The monoisotopic (exact) mass is 543 g/mol. The molecule has 2 aliphatic rings. The van der Waals surface area contributed by atoms with Crippen LogP contribution in [-0.4, -0.2) is 61.7 Å². The second kappa shape index (κ2) is 11.6. The number of para-hydroxylation sites is 1. The highest BCUT2D eigenvalue weighted by Crippen LogP contribution is 2.39. The molecule has 8 heteroatoms. The van der Waals surface area contributed by atoms with E-state index in [2.05, 4.69) is 28.2 Å². The molecule has 39 heavy (non-hydrogen) atoms. The van der Waals surface area contributed by atoms with Crippen molar-refractivity contribution < 1.29 is 9.53 Å². The van der Waals surface area contributed by atoms with Crippen molar-refractivity contribution in [2.75, 3.05) is 44.7 Å². The molecule has 0 bridgehead atoms. The Kier molecular flexibility index (Phi) is 8.06. The first kappa shape index (κ1) is 27.0. The maximum absolute atomic E-state index is 14.0. The number of rotatable bonds is 7. The van der Waals surface area contributed by atoms with E-state index in [-0.39, 0.29) is 11.9 Å². The Morgan fingerprint density at radius 2 is 1.97 bits per heavy atom. The van der Waals surface area contributed by atoms with Gasteiger partial charge in [0.05, 0.1) is 29.0 Å². The highest BCUT2D eigenvalue weighted by molar-refractivity contribution is 6.30. The summed E-state index contributed by atoms with van der Waals surface area (Å²) in [5.74, 6) is 0.853. The van der Waals surface area contributed by atoms with Crippen LogP contribution in [0.1, 0.15) is 37.3 Å². The highest BCUT2D eigenvalue weighted by atomic mass is 35.5. The maximum atomic E-state index is 14.0. The van der Waals surface area contributed by atoms with Gasteiger partial charge >= 0.3 is 0 Å². The Morgan fingerprint density at radius 3 is 2.64 bits per heavy atom. The second-order valence-electron chi connectivity index (χ2n) is 10.4. The van der Waals surface area contributed by atoms with E-state index >= 15 is 0 Å². The molecule has 1 amide bonds. The molecule has 0 saturated carbocycles. The van der Waals surface area contributed by atoms with Crippen LogP contribution in [0.25, 0.3) is 11.3 Å². The zero-order valence-electron chi connectivity index (χ0n) is 22.5. The molecule has 5 rings (SSSR count). The molecule has 2 fully saturated rings. The number of ether oxygens (including phenoxy) is 1. The number of piperidine rings is 1. The summed E-state index contributed by atoms with van der Waals surface area (Å²) in [5.41, 5.74) is 3.36. The lowest BCUT2D eigenvalue weighted by molar-refractivity contribution is -0.128. The van der Waals surface area contributed by atoms with Crippen molar-refractivity contribution in [3.63, 3.8) is 0 Å². The van der Waals surface area contributed by atoms with E-state index in [1.807, 2.05) is 61.7 Å². The normalized spacial score (nSPS) is 18.9. The van der Waals surface area contributed by atoms with Crippen molar-refractivity contribution >= 4 is 23.2 Å². The predicted octanol–water partition coefficient (Wildman–Crippen LogP) is 5.03. The zero-order chi connectivity index (χ0) is 27.4. The third-order valence-corrected chi connectivity index (χ3v) is 8.21. The van der Waals surface area contributed by atoms with Gasteiger partial charge in [-0.2, -0.15) is 5.26 Å². The number of benzene rings is 2. The molecule has 0 radical (unpaired) electrons. The summed E-state index contributed by atoms with van der Waals surface area (Å²) in [7, 11) is 2.09. The Hall–Kier alpha value is -3.60. The average molecular weight is 544 g/mol. The lowest BCUT2D eigenvalue weighted by Gasteiger charge is -2.42. The molecule has 2 aromatic carbocycles. The summed E-state index contributed by atoms with van der Waals surface area (Å²) in [6.45, 7) is 5.66. The van der Waals surface area contributed by atoms with Crippen LogP contribution in [0.15, 0.2) is 60.8 Å². The van der Waals surface area contributed by atoms with Gasteiger partial charge in [0.1, 0.15) is 11.8 Å². The molecule has 202 valence electrons. The number of carbonyl (C=O) groups excluding carboxylic acids is 1. The molecule has 2 aliphatic heterocycles.